The molecule has 1 fully saturated rings. The second-order valence-electron chi connectivity index (χ2n) is 4.96. The summed E-state index contributed by atoms with van der Waals surface area (Å²) in [5, 5.41) is 20.8. The van der Waals surface area contributed by atoms with Gasteiger partial charge in [0.1, 0.15) is 0 Å². The Bertz CT molecular complexity index is 650. The van der Waals surface area contributed by atoms with Crippen LogP contribution in [0.1, 0.15) is 18.4 Å². The predicted octanol–water partition coefficient (Wildman–Crippen LogP) is 3.09. The van der Waals surface area contributed by atoms with Crippen molar-refractivity contribution in [1.29, 1.82) is 5.26 Å². The fraction of sp³-hybridized carbons (Fsp3) is 0.312. The Kier molecular flexibility index (Phi) is 4.49. The van der Waals surface area contributed by atoms with Gasteiger partial charge in [-0.05, 0) is 25.0 Å². The van der Waals surface area contributed by atoms with Gasteiger partial charge in [0.15, 0.2) is 0 Å². The van der Waals surface area contributed by atoms with Crippen LogP contribution in [0.2, 0.25) is 0 Å². The molecule has 0 aliphatic carbocycles. The minimum absolute atomic E-state index is 0. The van der Waals surface area contributed by atoms with E-state index in [1.165, 1.54) is 0 Å². The lowest BCUT2D eigenvalue weighted by atomic mass is 10.0. The third-order valence-corrected chi connectivity index (χ3v) is 3.92. The molecule has 2 aromatic rings. The Balaban J connectivity index is 0.00000147. The van der Waals surface area contributed by atoms with Gasteiger partial charge in [-0.3, -0.25) is 0 Å². The summed E-state index contributed by atoms with van der Waals surface area (Å²) >= 11 is 0. The highest BCUT2D eigenvalue weighted by Crippen LogP contribution is 2.33. The SMILES string of the molecule is Cl.N#Cc1ccc(N2CCC[C@@H]2CO)c2ccccc12. The molecule has 3 rings (SSSR count). The largest absolute Gasteiger partial charge is 0.394 e. The van der Waals surface area contributed by atoms with E-state index in [-0.39, 0.29) is 25.1 Å². The number of nitrogens with zero attached hydrogens (tertiary/aromatic N) is 2. The summed E-state index contributed by atoms with van der Waals surface area (Å²) in [5.41, 5.74) is 1.84. The number of nitriles is 1. The summed E-state index contributed by atoms with van der Waals surface area (Å²) in [4.78, 5) is 2.27. The van der Waals surface area contributed by atoms with Crippen LogP contribution >= 0.6 is 12.4 Å². The van der Waals surface area contributed by atoms with Gasteiger partial charge in [0.25, 0.3) is 0 Å². The summed E-state index contributed by atoms with van der Waals surface area (Å²) in [7, 11) is 0. The fourth-order valence-corrected chi connectivity index (χ4v) is 2.97. The zero-order chi connectivity index (χ0) is 13.2. The third-order valence-electron chi connectivity index (χ3n) is 3.92. The van der Waals surface area contributed by atoms with E-state index in [1.807, 2.05) is 30.3 Å². The van der Waals surface area contributed by atoms with Crippen molar-refractivity contribution < 1.29 is 5.11 Å². The zero-order valence-electron chi connectivity index (χ0n) is 11.1. The van der Waals surface area contributed by atoms with E-state index in [2.05, 4.69) is 17.0 Å². The van der Waals surface area contributed by atoms with Gasteiger partial charge in [-0.1, -0.05) is 24.3 Å². The fourth-order valence-electron chi connectivity index (χ4n) is 2.97. The number of rotatable bonds is 2. The first-order valence-corrected chi connectivity index (χ1v) is 6.64. The molecule has 104 valence electrons. The third kappa shape index (κ3) is 2.33. The molecule has 1 N–H and O–H groups in total. The number of hydrogen-bond donors (Lipinski definition) is 1. The first kappa shape index (κ1) is 14.6. The highest BCUT2D eigenvalue weighted by molar-refractivity contribution is 5.98. The van der Waals surface area contributed by atoms with Crippen molar-refractivity contribution >= 4 is 28.9 Å². The van der Waals surface area contributed by atoms with Gasteiger partial charge in [0.2, 0.25) is 0 Å². The molecule has 1 aliphatic heterocycles. The Morgan fingerprint density at radius 1 is 1.20 bits per heavy atom. The molecule has 0 saturated carbocycles. The number of fused-ring (bicyclic) bond motifs is 1. The molecular weight excluding hydrogens is 272 g/mol. The van der Waals surface area contributed by atoms with Gasteiger partial charge in [0, 0.05) is 23.0 Å². The maximum atomic E-state index is 9.48. The van der Waals surface area contributed by atoms with Crippen molar-refractivity contribution in [3.05, 3.63) is 42.0 Å². The molecule has 0 radical (unpaired) electrons. The van der Waals surface area contributed by atoms with E-state index in [9.17, 15) is 10.4 Å². The van der Waals surface area contributed by atoms with Gasteiger partial charge in [-0.15, -0.1) is 12.4 Å². The molecule has 2 aromatic carbocycles. The lowest BCUT2D eigenvalue weighted by Gasteiger charge is -2.26. The molecular formula is C16H17ClN2O. The van der Waals surface area contributed by atoms with E-state index in [0.29, 0.717) is 5.56 Å². The van der Waals surface area contributed by atoms with Crippen molar-refractivity contribution in [2.45, 2.75) is 18.9 Å². The number of benzene rings is 2. The van der Waals surface area contributed by atoms with Crippen LogP contribution in [0.3, 0.4) is 0 Å². The van der Waals surface area contributed by atoms with Gasteiger partial charge < -0.3 is 10.0 Å². The number of halogens is 1. The summed E-state index contributed by atoms with van der Waals surface area (Å²) in [6.45, 7) is 1.16. The Morgan fingerprint density at radius 2 is 1.95 bits per heavy atom. The number of aliphatic hydroxyl groups excluding tert-OH is 1. The van der Waals surface area contributed by atoms with E-state index < -0.39 is 0 Å². The summed E-state index contributed by atoms with van der Waals surface area (Å²) < 4.78 is 0. The van der Waals surface area contributed by atoms with E-state index in [4.69, 9.17) is 0 Å². The molecule has 0 aromatic heterocycles. The quantitative estimate of drug-likeness (QED) is 0.924. The second kappa shape index (κ2) is 6.13. The predicted molar refractivity (Wildman–Crippen MR) is 83.4 cm³/mol. The number of anilines is 1. The molecule has 0 amide bonds. The van der Waals surface area contributed by atoms with Crippen LogP contribution in [0.25, 0.3) is 10.8 Å². The minimum atomic E-state index is 0. The van der Waals surface area contributed by atoms with Crippen LogP contribution in [0.5, 0.6) is 0 Å². The average Bonchev–Trinajstić information content (AvgIpc) is 2.94. The van der Waals surface area contributed by atoms with Crippen LogP contribution in [0.4, 0.5) is 5.69 Å². The Morgan fingerprint density at radius 3 is 2.65 bits per heavy atom. The molecule has 0 unspecified atom stereocenters. The van der Waals surface area contributed by atoms with Crippen molar-refractivity contribution in [1.82, 2.24) is 0 Å². The highest BCUT2D eigenvalue weighted by Gasteiger charge is 2.25. The monoisotopic (exact) mass is 288 g/mol. The standard InChI is InChI=1S/C16H16N2O.ClH/c17-10-12-7-8-16(15-6-2-1-5-14(12)15)18-9-3-4-13(18)11-19;/h1-2,5-8,13,19H,3-4,9,11H2;1H/t13-;/m1./s1. The average molecular weight is 289 g/mol. The number of hydrogen-bond acceptors (Lipinski definition) is 3. The lowest BCUT2D eigenvalue weighted by molar-refractivity contribution is 0.266. The van der Waals surface area contributed by atoms with Gasteiger partial charge in [-0.25, -0.2) is 0 Å². The molecule has 1 aliphatic rings. The van der Waals surface area contributed by atoms with Gasteiger partial charge in [-0.2, -0.15) is 5.26 Å². The van der Waals surface area contributed by atoms with Crippen molar-refractivity contribution in [3.8, 4) is 6.07 Å². The summed E-state index contributed by atoms with van der Waals surface area (Å²) in [6, 6.07) is 14.3. The van der Waals surface area contributed by atoms with Crippen LogP contribution in [0, 0.1) is 11.3 Å². The first-order valence-electron chi connectivity index (χ1n) is 6.64. The van der Waals surface area contributed by atoms with E-state index in [0.717, 1.165) is 35.8 Å². The van der Waals surface area contributed by atoms with Crippen molar-refractivity contribution in [3.63, 3.8) is 0 Å². The maximum absolute atomic E-state index is 9.48. The molecule has 0 spiro atoms. The second-order valence-corrected chi connectivity index (χ2v) is 4.96. The van der Waals surface area contributed by atoms with Crippen LogP contribution in [-0.2, 0) is 0 Å². The molecule has 1 heterocycles. The molecule has 0 bridgehead atoms. The van der Waals surface area contributed by atoms with Crippen LogP contribution in [0.15, 0.2) is 36.4 Å². The molecule has 20 heavy (non-hydrogen) atoms. The molecule has 1 atom stereocenters. The summed E-state index contributed by atoms with van der Waals surface area (Å²) in [6.07, 6.45) is 2.14. The molecule has 1 saturated heterocycles. The smallest absolute Gasteiger partial charge is 0.0998 e. The molecule has 3 nitrogen and oxygen atoms in total. The highest BCUT2D eigenvalue weighted by atomic mass is 35.5. The topological polar surface area (TPSA) is 47.3 Å². The number of aliphatic hydroxyl groups is 1. The maximum Gasteiger partial charge on any atom is 0.0998 e. The first-order chi connectivity index (χ1) is 9.35. The normalized spacial score (nSPS) is 17.8. The van der Waals surface area contributed by atoms with Crippen LogP contribution in [-0.4, -0.2) is 24.3 Å². The minimum Gasteiger partial charge on any atom is -0.394 e. The molecule has 4 heteroatoms. The van der Waals surface area contributed by atoms with E-state index >= 15 is 0 Å². The zero-order valence-corrected chi connectivity index (χ0v) is 11.9. The summed E-state index contributed by atoms with van der Waals surface area (Å²) in [5.74, 6) is 0. The Labute approximate surface area is 124 Å². The van der Waals surface area contributed by atoms with Crippen LogP contribution < -0.4 is 4.90 Å². The Hall–Kier alpha value is -1.76. The lowest BCUT2D eigenvalue weighted by Crippen LogP contribution is -2.32. The van der Waals surface area contributed by atoms with Crippen molar-refractivity contribution in [2.24, 2.45) is 0 Å². The van der Waals surface area contributed by atoms with Gasteiger partial charge >= 0.3 is 0 Å². The van der Waals surface area contributed by atoms with E-state index in [1.54, 1.807) is 0 Å². The van der Waals surface area contributed by atoms with Gasteiger partial charge in [0.05, 0.1) is 24.3 Å². The van der Waals surface area contributed by atoms with Crippen molar-refractivity contribution in [2.75, 3.05) is 18.1 Å².